The smallest absolute Gasteiger partial charge is 0.408 e. The topological polar surface area (TPSA) is 105 Å². The molecule has 1 aliphatic rings. The zero-order valence-electron chi connectivity index (χ0n) is 17.3. The van der Waals surface area contributed by atoms with Gasteiger partial charge in [-0.1, -0.05) is 12.1 Å². The summed E-state index contributed by atoms with van der Waals surface area (Å²) in [6.07, 6.45) is 4.18. The quantitative estimate of drug-likeness (QED) is 0.483. The molecule has 5 rings (SSSR count). The Balaban J connectivity index is 1.23. The molecule has 4 aromatic rings. The third-order valence-corrected chi connectivity index (χ3v) is 5.43. The lowest BCUT2D eigenvalue weighted by Crippen LogP contribution is -2.24. The summed E-state index contributed by atoms with van der Waals surface area (Å²) in [5.74, 6) is -0.209. The number of rotatable bonds is 6. The molecule has 162 valence electrons. The van der Waals surface area contributed by atoms with Crippen LogP contribution in [0.25, 0.3) is 11.1 Å². The van der Waals surface area contributed by atoms with Crippen LogP contribution in [0, 0.1) is 0 Å². The highest BCUT2D eigenvalue weighted by Crippen LogP contribution is 2.23. The van der Waals surface area contributed by atoms with Crippen LogP contribution in [0.3, 0.4) is 0 Å². The average molecular weight is 430 g/mol. The first-order chi connectivity index (χ1) is 15.7. The summed E-state index contributed by atoms with van der Waals surface area (Å²) in [6, 6.07) is 16.3. The van der Waals surface area contributed by atoms with Crippen molar-refractivity contribution in [3.63, 3.8) is 0 Å². The lowest BCUT2D eigenvalue weighted by atomic mass is 10.2. The summed E-state index contributed by atoms with van der Waals surface area (Å²) in [5, 5.41) is 14.3. The number of anilines is 4. The molecule has 9 heteroatoms. The predicted octanol–water partition coefficient (Wildman–Crippen LogP) is 3.37. The van der Waals surface area contributed by atoms with Gasteiger partial charge in [0, 0.05) is 30.5 Å². The summed E-state index contributed by atoms with van der Waals surface area (Å²) in [4.78, 5) is 26.8. The van der Waals surface area contributed by atoms with Gasteiger partial charge in [-0.3, -0.25) is 9.36 Å². The summed E-state index contributed by atoms with van der Waals surface area (Å²) in [6.45, 7) is 1.95. The van der Waals surface area contributed by atoms with Gasteiger partial charge in [0.2, 0.25) is 5.91 Å². The zero-order valence-corrected chi connectivity index (χ0v) is 17.3. The highest BCUT2D eigenvalue weighted by molar-refractivity contribution is 5.91. The predicted molar refractivity (Wildman–Crippen MR) is 122 cm³/mol. The van der Waals surface area contributed by atoms with Crippen molar-refractivity contribution in [2.24, 2.45) is 0 Å². The van der Waals surface area contributed by atoms with Crippen molar-refractivity contribution < 1.29 is 9.21 Å². The first-order valence-corrected chi connectivity index (χ1v) is 10.5. The Morgan fingerprint density at radius 2 is 1.78 bits per heavy atom. The van der Waals surface area contributed by atoms with Crippen molar-refractivity contribution in [2.45, 2.75) is 19.4 Å². The van der Waals surface area contributed by atoms with Crippen molar-refractivity contribution in [1.29, 1.82) is 0 Å². The minimum atomic E-state index is -0.557. The van der Waals surface area contributed by atoms with Gasteiger partial charge in [0.1, 0.15) is 6.54 Å². The minimum absolute atomic E-state index is 0.130. The number of oxazole rings is 1. The van der Waals surface area contributed by atoms with Crippen LogP contribution in [-0.4, -0.2) is 33.8 Å². The monoisotopic (exact) mass is 430 g/mol. The third kappa shape index (κ3) is 4.18. The van der Waals surface area contributed by atoms with E-state index in [0.29, 0.717) is 22.6 Å². The first kappa shape index (κ1) is 19.8. The number of nitrogens with zero attached hydrogens (tertiary/aromatic N) is 4. The normalized spacial score (nSPS) is 13.4. The molecule has 1 amide bonds. The Labute approximate surface area is 183 Å². The van der Waals surface area contributed by atoms with Crippen molar-refractivity contribution >= 4 is 39.9 Å². The fraction of sp³-hybridized carbons (Fsp3) is 0.217. The zero-order chi connectivity index (χ0) is 21.9. The lowest BCUT2D eigenvalue weighted by Gasteiger charge is -2.17. The highest BCUT2D eigenvalue weighted by atomic mass is 16.4. The molecule has 32 heavy (non-hydrogen) atoms. The molecule has 0 bridgehead atoms. The molecule has 0 radical (unpaired) electrons. The maximum atomic E-state index is 12.5. The van der Waals surface area contributed by atoms with E-state index in [9.17, 15) is 9.59 Å². The second-order valence-electron chi connectivity index (χ2n) is 7.67. The third-order valence-electron chi connectivity index (χ3n) is 5.43. The second-order valence-corrected chi connectivity index (χ2v) is 7.67. The Bertz CT molecular complexity index is 1310. The largest absolute Gasteiger partial charge is 0.420 e. The highest BCUT2D eigenvalue weighted by Gasteiger charge is 2.14. The number of fused-ring (bicyclic) bond motifs is 1. The molecule has 1 aliphatic heterocycles. The number of nitrogens with one attached hydrogen (secondary N) is 2. The number of hydrogen-bond acceptors (Lipinski definition) is 7. The molecule has 0 spiro atoms. The number of benzene rings is 2. The van der Waals surface area contributed by atoms with Crippen molar-refractivity contribution in [1.82, 2.24) is 14.8 Å². The first-order valence-electron chi connectivity index (χ1n) is 10.5. The second kappa shape index (κ2) is 8.54. The van der Waals surface area contributed by atoms with E-state index in [1.165, 1.54) is 17.4 Å². The number of carbonyl (C=O) groups is 1. The van der Waals surface area contributed by atoms with Crippen LogP contribution in [-0.2, 0) is 11.3 Å². The summed E-state index contributed by atoms with van der Waals surface area (Å²) < 4.78 is 6.48. The number of amides is 1. The van der Waals surface area contributed by atoms with Gasteiger partial charge >= 0.3 is 5.76 Å². The fourth-order valence-electron chi connectivity index (χ4n) is 3.86. The minimum Gasteiger partial charge on any atom is -0.408 e. The Kier molecular flexibility index (Phi) is 5.29. The van der Waals surface area contributed by atoms with E-state index in [2.05, 4.69) is 25.7 Å². The van der Waals surface area contributed by atoms with Crippen molar-refractivity contribution in [2.75, 3.05) is 28.6 Å². The van der Waals surface area contributed by atoms with E-state index in [1.54, 1.807) is 42.6 Å². The number of para-hydroxylation sites is 2. The molecular formula is C23H22N6O3. The van der Waals surface area contributed by atoms with Crippen molar-refractivity contribution in [3.8, 4) is 0 Å². The SMILES string of the molecule is O=C(Cn1c(=O)oc2ccccc21)Nc1ccc(Nc2cc(N3CCCC3)cnn2)cc1. The van der Waals surface area contributed by atoms with E-state index < -0.39 is 5.76 Å². The van der Waals surface area contributed by atoms with E-state index in [-0.39, 0.29) is 12.5 Å². The average Bonchev–Trinajstić information content (AvgIpc) is 3.44. The van der Waals surface area contributed by atoms with Crippen LogP contribution in [0.2, 0.25) is 0 Å². The molecule has 0 saturated carbocycles. The van der Waals surface area contributed by atoms with Gasteiger partial charge in [-0.05, 0) is 49.2 Å². The summed E-state index contributed by atoms with van der Waals surface area (Å²) in [5.41, 5.74) is 3.55. The molecule has 2 aromatic heterocycles. The lowest BCUT2D eigenvalue weighted by molar-refractivity contribution is -0.116. The molecule has 1 fully saturated rings. The Morgan fingerprint density at radius 3 is 2.59 bits per heavy atom. The molecular weight excluding hydrogens is 408 g/mol. The molecule has 0 aliphatic carbocycles. The van der Waals surface area contributed by atoms with Gasteiger partial charge < -0.3 is 20.0 Å². The Morgan fingerprint density at radius 1 is 1.03 bits per heavy atom. The molecule has 2 N–H and O–H groups in total. The fourth-order valence-corrected chi connectivity index (χ4v) is 3.86. The molecule has 2 aromatic carbocycles. The van der Waals surface area contributed by atoms with E-state index >= 15 is 0 Å². The van der Waals surface area contributed by atoms with Crippen LogP contribution in [0.5, 0.6) is 0 Å². The van der Waals surface area contributed by atoms with E-state index in [0.717, 1.165) is 24.5 Å². The van der Waals surface area contributed by atoms with Crippen molar-refractivity contribution in [3.05, 3.63) is 71.3 Å². The summed E-state index contributed by atoms with van der Waals surface area (Å²) >= 11 is 0. The van der Waals surface area contributed by atoms with E-state index in [1.807, 2.05) is 18.2 Å². The Hall–Kier alpha value is -4.14. The van der Waals surface area contributed by atoms with Crippen LogP contribution < -0.4 is 21.3 Å². The van der Waals surface area contributed by atoms with Gasteiger partial charge in [-0.25, -0.2) is 4.79 Å². The van der Waals surface area contributed by atoms with Crippen LogP contribution in [0.1, 0.15) is 12.8 Å². The van der Waals surface area contributed by atoms with Crippen LogP contribution >= 0.6 is 0 Å². The molecule has 3 heterocycles. The number of carbonyl (C=O) groups excluding carboxylic acids is 1. The molecule has 0 unspecified atom stereocenters. The van der Waals surface area contributed by atoms with Gasteiger partial charge in [0.25, 0.3) is 0 Å². The van der Waals surface area contributed by atoms with Gasteiger partial charge in [-0.15, -0.1) is 5.10 Å². The molecule has 1 saturated heterocycles. The van der Waals surface area contributed by atoms with Gasteiger partial charge in [0.15, 0.2) is 11.4 Å². The molecule has 9 nitrogen and oxygen atoms in total. The summed E-state index contributed by atoms with van der Waals surface area (Å²) in [7, 11) is 0. The van der Waals surface area contributed by atoms with Crippen LogP contribution in [0.4, 0.5) is 22.9 Å². The number of hydrogen-bond donors (Lipinski definition) is 2. The maximum absolute atomic E-state index is 12.5. The van der Waals surface area contributed by atoms with E-state index in [4.69, 9.17) is 4.42 Å². The molecule has 0 atom stereocenters. The number of aromatic nitrogens is 3. The standard InChI is InChI=1S/C23H22N6O3/c30-22(15-29-19-5-1-2-6-20(19)32-23(29)31)26-17-9-7-16(8-10-17)25-21-13-18(14-24-27-21)28-11-3-4-12-28/h1-2,5-10,13-14H,3-4,11-12,15H2,(H,25,27)(H,26,30). The van der Waals surface area contributed by atoms with Gasteiger partial charge in [-0.2, -0.15) is 5.10 Å². The van der Waals surface area contributed by atoms with Gasteiger partial charge in [0.05, 0.1) is 17.4 Å². The maximum Gasteiger partial charge on any atom is 0.420 e. The van der Waals surface area contributed by atoms with Crippen LogP contribution in [0.15, 0.2) is 70.0 Å².